The SMILES string of the molecule is CCCCCCCCCCCCCC=C[C@@H](O)CNCOP(=O)(O)O. The Morgan fingerprint density at radius 1 is 0.960 bits per heavy atom. The number of aliphatic hydroxyl groups is 1. The highest BCUT2D eigenvalue weighted by molar-refractivity contribution is 7.46. The van der Waals surface area contributed by atoms with Crippen molar-refractivity contribution in [3.05, 3.63) is 12.2 Å². The van der Waals surface area contributed by atoms with Gasteiger partial charge in [0.15, 0.2) is 0 Å². The minimum absolute atomic E-state index is 0.203. The molecule has 6 nitrogen and oxygen atoms in total. The molecule has 25 heavy (non-hydrogen) atoms. The molecule has 0 fully saturated rings. The molecule has 7 heteroatoms. The van der Waals surface area contributed by atoms with Gasteiger partial charge in [-0.3, -0.25) is 9.84 Å². The highest BCUT2D eigenvalue weighted by Crippen LogP contribution is 2.34. The van der Waals surface area contributed by atoms with Gasteiger partial charge in [-0.2, -0.15) is 0 Å². The quantitative estimate of drug-likeness (QED) is 0.123. The lowest BCUT2D eigenvalue weighted by atomic mass is 10.1. The predicted octanol–water partition coefficient (Wildman–Crippen LogP) is 4.26. The van der Waals surface area contributed by atoms with Crippen LogP contribution in [0.5, 0.6) is 0 Å². The Balaban J connectivity index is 3.30. The lowest BCUT2D eigenvalue weighted by Crippen LogP contribution is -2.27. The van der Waals surface area contributed by atoms with Crippen molar-refractivity contribution in [3.63, 3.8) is 0 Å². The topological polar surface area (TPSA) is 99.0 Å². The Morgan fingerprint density at radius 3 is 2.00 bits per heavy atom. The smallest absolute Gasteiger partial charge is 0.388 e. The number of hydrogen-bond donors (Lipinski definition) is 4. The zero-order valence-electron chi connectivity index (χ0n) is 15.7. The van der Waals surface area contributed by atoms with Gasteiger partial charge in [0.1, 0.15) is 6.73 Å². The predicted molar refractivity (Wildman–Crippen MR) is 102 cm³/mol. The van der Waals surface area contributed by atoms with Gasteiger partial charge in [0.05, 0.1) is 6.10 Å². The molecule has 0 aliphatic heterocycles. The summed E-state index contributed by atoms with van der Waals surface area (Å²) in [5.74, 6) is 0. The Labute approximate surface area is 153 Å². The summed E-state index contributed by atoms with van der Waals surface area (Å²) in [5, 5.41) is 12.3. The van der Waals surface area contributed by atoms with Crippen LogP contribution in [0, 0.1) is 0 Å². The van der Waals surface area contributed by atoms with Gasteiger partial charge in [-0.1, -0.05) is 83.3 Å². The average molecular weight is 379 g/mol. The fourth-order valence-electron chi connectivity index (χ4n) is 2.58. The maximum atomic E-state index is 10.4. The fraction of sp³-hybridized carbons (Fsp3) is 0.889. The van der Waals surface area contributed by atoms with Crippen molar-refractivity contribution in [1.82, 2.24) is 5.32 Å². The lowest BCUT2D eigenvalue weighted by molar-refractivity contribution is 0.162. The Morgan fingerprint density at radius 2 is 1.48 bits per heavy atom. The number of aliphatic hydroxyl groups excluding tert-OH is 1. The Hall–Kier alpha value is -0.230. The number of hydrogen-bond acceptors (Lipinski definition) is 4. The monoisotopic (exact) mass is 379 g/mol. The van der Waals surface area contributed by atoms with Crippen molar-refractivity contribution in [2.45, 2.75) is 90.1 Å². The van der Waals surface area contributed by atoms with Crippen LogP contribution in [0.25, 0.3) is 0 Å². The van der Waals surface area contributed by atoms with Gasteiger partial charge in [0, 0.05) is 6.54 Å². The van der Waals surface area contributed by atoms with E-state index in [9.17, 15) is 9.67 Å². The maximum absolute atomic E-state index is 10.4. The zero-order valence-corrected chi connectivity index (χ0v) is 16.6. The van der Waals surface area contributed by atoms with Gasteiger partial charge < -0.3 is 14.9 Å². The molecule has 150 valence electrons. The van der Waals surface area contributed by atoms with Gasteiger partial charge in [-0.15, -0.1) is 0 Å². The second-order valence-corrected chi connectivity index (χ2v) is 7.78. The van der Waals surface area contributed by atoms with Gasteiger partial charge >= 0.3 is 7.82 Å². The molecule has 1 atom stereocenters. The molecule has 0 amide bonds. The molecule has 0 saturated carbocycles. The van der Waals surface area contributed by atoms with Gasteiger partial charge in [-0.25, -0.2) is 4.57 Å². The summed E-state index contributed by atoms with van der Waals surface area (Å²) in [6, 6.07) is 0. The summed E-state index contributed by atoms with van der Waals surface area (Å²) in [7, 11) is -4.44. The number of phosphoric acid groups is 1. The van der Waals surface area contributed by atoms with Crippen molar-refractivity contribution >= 4 is 7.82 Å². The molecule has 0 aromatic heterocycles. The van der Waals surface area contributed by atoms with E-state index in [1.54, 1.807) is 6.08 Å². The maximum Gasteiger partial charge on any atom is 0.470 e. The third-order valence-electron chi connectivity index (χ3n) is 4.02. The lowest BCUT2D eigenvalue weighted by Gasteiger charge is -2.09. The second kappa shape index (κ2) is 17.2. The van der Waals surface area contributed by atoms with E-state index in [1.807, 2.05) is 6.08 Å². The minimum atomic E-state index is -4.44. The number of rotatable bonds is 18. The molecular formula is C18H38NO5P. The normalized spacial score (nSPS) is 13.6. The second-order valence-electron chi connectivity index (χ2n) is 6.54. The molecule has 0 saturated heterocycles. The third-order valence-corrected chi connectivity index (χ3v) is 4.49. The van der Waals surface area contributed by atoms with Crippen molar-refractivity contribution < 1.29 is 24.0 Å². The third kappa shape index (κ3) is 21.7. The molecule has 0 radical (unpaired) electrons. The van der Waals surface area contributed by atoms with Crippen LogP contribution >= 0.6 is 7.82 Å². The Bertz CT molecular complexity index is 359. The van der Waals surface area contributed by atoms with Crippen LogP contribution in [0.1, 0.15) is 84.0 Å². The van der Waals surface area contributed by atoms with Crippen LogP contribution in [0.15, 0.2) is 12.2 Å². The number of allylic oxidation sites excluding steroid dienone is 1. The van der Waals surface area contributed by atoms with Crippen LogP contribution < -0.4 is 5.32 Å². The largest absolute Gasteiger partial charge is 0.470 e. The van der Waals surface area contributed by atoms with E-state index < -0.39 is 13.9 Å². The first kappa shape index (κ1) is 24.8. The highest BCUT2D eigenvalue weighted by atomic mass is 31.2. The summed E-state index contributed by atoms with van der Waals surface area (Å²) in [6.45, 7) is 2.17. The standard InChI is InChI=1S/C18H38NO5P/c1-2-3-4-5-6-7-8-9-10-11-12-13-14-15-18(20)16-19-17-24-25(21,22)23/h14-15,18-20H,2-13,16-17H2,1H3,(H2,21,22,23)/t18-/m1/s1. The molecule has 0 aliphatic carbocycles. The molecule has 0 aliphatic rings. The molecule has 0 aromatic carbocycles. The van der Waals surface area contributed by atoms with Gasteiger partial charge in [-0.05, 0) is 12.8 Å². The van der Waals surface area contributed by atoms with E-state index in [0.29, 0.717) is 0 Å². The van der Waals surface area contributed by atoms with Crippen molar-refractivity contribution in [2.24, 2.45) is 0 Å². The van der Waals surface area contributed by atoms with E-state index in [0.717, 1.165) is 12.8 Å². The molecule has 0 aromatic rings. The van der Waals surface area contributed by atoms with E-state index >= 15 is 0 Å². The van der Waals surface area contributed by atoms with Crippen LogP contribution in [0.4, 0.5) is 0 Å². The summed E-state index contributed by atoms with van der Waals surface area (Å²) in [6.07, 6.45) is 18.5. The molecular weight excluding hydrogens is 341 g/mol. The van der Waals surface area contributed by atoms with Crippen LogP contribution in [-0.2, 0) is 9.09 Å². The van der Waals surface area contributed by atoms with Crippen molar-refractivity contribution in [2.75, 3.05) is 13.3 Å². The summed E-state index contributed by atoms with van der Waals surface area (Å²) in [5.41, 5.74) is 0. The van der Waals surface area contributed by atoms with E-state index in [-0.39, 0.29) is 13.3 Å². The van der Waals surface area contributed by atoms with Crippen molar-refractivity contribution in [1.29, 1.82) is 0 Å². The van der Waals surface area contributed by atoms with Crippen LogP contribution in [0.2, 0.25) is 0 Å². The van der Waals surface area contributed by atoms with Gasteiger partial charge in [0.25, 0.3) is 0 Å². The van der Waals surface area contributed by atoms with E-state index in [1.165, 1.54) is 64.2 Å². The molecule has 0 heterocycles. The molecule has 0 rings (SSSR count). The average Bonchev–Trinajstić information content (AvgIpc) is 2.55. The molecule has 4 N–H and O–H groups in total. The molecule has 0 spiro atoms. The van der Waals surface area contributed by atoms with Crippen molar-refractivity contribution in [3.8, 4) is 0 Å². The van der Waals surface area contributed by atoms with Crippen LogP contribution in [-0.4, -0.2) is 34.3 Å². The molecule has 0 unspecified atom stereocenters. The number of nitrogens with one attached hydrogen (secondary N) is 1. The minimum Gasteiger partial charge on any atom is -0.388 e. The fourth-order valence-corrected chi connectivity index (χ4v) is 2.84. The summed E-state index contributed by atoms with van der Waals surface area (Å²) < 4.78 is 14.7. The first-order valence-electron chi connectivity index (χ1n) is 9.71. The summed E-state index contributed by atoms with van der Waals surface area (Å²) in [4.78, 5) is 17.0. The summed E-state index contributed by atoms with van der Waals surface area (Å²) >= 11 is 0. The number of phosphoric ester groups is 1. The van der Waals surface area contributed by atoms with Crippen LogP contribution in [0.3, 0.4) is 0 Å². The van der Waals surface area contributed by atoms with Gasteiger partial charge in [0.2, 0.25) is 0 Å². The first-order chi connectivity index (χ1) is 12.0. The Kier molecular flexibility index (Phi) is 17.0. The first-order valence-corrected chi connectivity index (χ1v) is 11.2. The molecule has 0 bridgehead atoms. The zero-order chi connectivity index (χ0) is 18.8. The van der Waals surface area contributed by atoms with E-state index in [2.05, 4.69) is 16.8 Å². The highest BCUT2D eigenvalue weighted by Gasteiger charge is 2.12. The number of unbranched alkanes of at least 4 members (excludes halogenated alkanes) is 11. The van der Waals surface area contributed by atoms with E-state index in [4.69, 9.17) is 9.79 Å².